The second-order valence-electron chi connectivity index (χ2n) is 5.05. The fraction of sp³-hybridized carbons (Fsp3) is 0.750. The van der Waals surface area contributed by atoms with E-state index in [1.807, 2.05) is 0 Å². The van der Waals surface area contributed by atoms with E-state index in [1.165, 1.54) is 24.6 Å². The molecule has 1 aromatic rings. The fourth-order valence-electron chi connectivity index (χ4n) is 2.66. The van der Waals surface area contributed by atoms with Crippen molar-refractivity contribution in [2.75, 3.05) is 25.4 Å². The highest BCUT2D eigenvalue weighted by Gasteiger charge is 2.34. The second-order valence-corrected chi connectivity index (χ2v) is 6.03. The van der Waals surface area contributed by atoms with E-state index >= 15 is 0 Å². The van der Waals surface area contributed by atoms with E-state index < -0.39 is 5.97 Å². The van der Waals surface area contributed by atoms with Crippen molar-refractivity contribution in [3.8, 4) is 0 Å². The van der Waals surface area contributed by atoms with Crippen molar-refractivity contribution in [1.29, 1.82) is 0 Å². The molecule has 1 aromatic heterocycles. The molecule has 0 amide bonds. The standard InChI is InChI=1S/C12H17N3O4S/c16-11(17)7-20-6-10-13-12(14-19-10)9-4-15-3-1-2-8(15)5-18-9/h8-9H,1-7H2,(H,16,17). The van der Waals surface area contributed by atoms with Crippen LogP contribution in [0.15, 0.2) is 4.52 Å². The minimum absolute atomic E-state index is 0.0348. The zero-order valence-corrected chi connectivity index (χ0v) is 11.8. The van der Waals surface area contributed by atoms with Gasteiger partial charge in [0.2, 0.25) is 11.7 Å². The molecule has 0 aromatic carbocycles. The van der Waals surface area contributed by atoms with Gasteiger partial charge in [-0.05, 0) is 19.4 Å². The molecule has 7 nitrogen and oxygen atoms in total. The summed E-state index contributed by atoms with van der Waals surface area (Å²) in [6.45, 7) is 2.65. The number of aliphatic carboxylic acids is 1. The zero-order valence-electron chi connectivity index (χ0n) is 11.0. The molecule has 8 heteroatoms. The van der Waals surface area contributed by atoms with Crippen LogP contribution in [0.25, 0.3) is 0 Å². The number of morpholine rings is 1. The van der Waals surface area contributed by atoms with Crippen LogP contribution >= 0.6 is 11.8 Å². The fourth-order valence-corrected chi connectivity index (χ4v) is 3.23. The van der Waals surface area contributed by atoms with Crippen LogP contribution in [0.1, 0.15) is 30.7 Å². The molecule has 0 radical (unpaired) electrons. The lowest BCUT2D eigenvalue weighted by Crippen LogP contribution is -2.42. The third kappa shape index (κ3) is 3.13. The van der Waals surface area contributed by atoms with E-state index in [0.717, 1.165) is 19.7 Å². The first-order valence-electron chi connectivity index (χ1n) is 6.70. The molecule has 0 aliphatic carbocycles. The molecular formula is C12H17N3O4S. The average Bonchev–Trinajstić information content (AvgIpc) is 3.05. The molecule has 0 spiro atoms. The minimum atomic E-state index is -0.842. The van der Waals surface area contributed by atoms with Gasteiger partial charge in [0.15, 0.2) is 0 Å². The van der Waals surface area contributed by atoms with Crippen molar-refractivity contribution < 1.29 is 19.2 Å². The van der Waals surface area contributed by atoms with Gasteiger partial charge in [-0.3, -0.25) is 9.69 Å². The number of rotatable bonds is 5. The molecule has 110 valence electrons. The predicted molar refractivity (Wildman–Crippen MR) is 71.4 cm³/mol. The molecule has 2 aliphatic rings. The van der Waals surface area contributed by atoms with Gasteiger partial charge in [0.25, 0.3) is 0 Å². The normalized spacial score (nSPS) is 26.6. The number of carboxylic acids is 1. The number of ether oxygens (including phenoxy) is 1. The smallest absolute Gasteiger partial charge is 0.313 e. The lowest BCUT2D eigenvalue weighted by atomic mass is 10.2. The second kappa shape index (κ2) is 6.11. The molecule has 0 saturated carbocycles. The summed E-state index contributed by atoms with van der Waals surface area (Å²) in [5.74, 6) is 0.635. The summed E-state index contributed by atoms with van der Waals surface area (Å²) >= 11 is 1.24. The summed E-state index contributed by atoms with van der Waals surface area (Å²) in [6, 6.07) is 0.545. The van der Waals surface area contributed by atoms with Gasteiger partial charge in [0.1, 0.15) is 6.10 Å². The Bertz CT molecular complexity index is 481. The molecule has 20 heavy (non-hydrogen) atoms. The Balaban J connectivity index is 1.55. The summed E-state index contributed by atoms with van der Waals surface area (Å²) in [4.78, 5) is 17.2. The Morgan fingerprint density at radius 3 is 3.30 bits per heavy atom. The van der Waals surface area contributed by atoms with Gasteiger partial charge in [-0.2, -0.15) is 4.98 Å². The molecule has 3 rings (SSSR count). The molecule has 2 saturated heterocycles. The lowest BCUT2D eigenvalue weighted by Gasteiger charge is -2.33. The highest BCUT2D eigenvalue weighted by molar-refractivity contribution is 7.99. The highest BCUT2D eigenvalue weighted by Crippen LogP contribution is 2.29. The molecule has 2 unspecified atom stereocenters. The molecule has 2 fully saturated rings. The predicted octanol–water partition coefficient (Wildman–Crippen LogP) is 0.923. The SMILES string of the molecule is O=C(O)CSCc1nc(C2CN3CCCC3CO2)no1. The topological polar surface area (TPSA) is 88.7 Å². The summed E-state index contributed by atoms with van der Waals surface area (Å²) in [7, 11) is 0. The average molecular weight is 299 g/mol. The van der Waals surface area contributed by atoms with Gasteiger partial charge in [-0.1, -0.05) is 5.16 Å². The van der Waals surface area contributed by atoms with Crippen LogP contribution < -0.4 is 0 Å². The largest absolute Gasteiger partial charge is 0.481 e. The van der Waals surface area contributed by atoms with Crippen LogP contribution in [0, 0.1) is 0 Å². The van der Waals surface area contributed by atoms with E-state index in [0.29, 0.717) is 23.5 Å². The Morgan fingerprint density at radius 2 is 2.45 bits per heavy atom. The van der Waals surface area contributed by atoms with E-state index in [-0.39, 0.29) is 11.9 Å². The summed E-state index contributed by atoms with van der Waals surface area (Å²) in [6.07, 6.45) is 2.30. The maximum atomic E-state index is 10.4. The third-order valence-corrected chi connectivity index (χ3v) is 4.51. The number of hydrogen-bond donors (Lipinski definition) is 1. The van der Waals surface area contributed by atoms with Crippen LogP contribution in [0.4, 0.5) is 0 Å². The van der Waals surface area contributed by atoms with Gasteiger partial charge in [-0.15, -0.1) is 11.8 Å². The van der Waals surface area contributed by atoms with Crippen LogP contribution in [-0.4, -0.2) is 57.6 Å². The number of fused-ring (bicyclic) bond motifs is 1. The Morgan fingerprint density at radius 1 is 1.55 bits per heavy atom. The van der Waals surface area contributed by atoms with Gasteiger partial charge >= 0.3 is 5.97 Å². The molecule has 2 atom stereocenters. The lowest BCUT2D eigenvalue weighted by molar-refractivity contribution is -0.133. The Kier molecular flexibility index (Phi) is 4.23. The van der Waals surface area contributed by atoms with Gasteiger partial charge in [-0.25, -0.2) is 0 Å². The number of aromatic nitrogens is 2. The maximum Gasteiger partial charge on any atom is 0.313 e. The van der Waals surface area contributed by atoms with Crippen molar-refractivity contribution >= 4 is 17.7 Å². The first-order chi connectivity index (χ1) is 9.72. The third-order valence-electron chi connectivity index (χ3n) is 3.61. The highest BCUT2D eigenvalue weighted by atomic mass is 32.2. The Hall–Kier alpha value is -1.12. The van der Waals surface area contributed by atoms with E-state index in [1.54, 1.807) is 0 Å². The summed E-state index contributed by atoms with van der Waals surface area (Å²) in [5, 5.41) is 12.5. The number of carbonyl (C=O) groups is 1. The van der Waals surface area contributed by atoms with Crippen LogP contribution in [0.5, 0.6) is 0 Å². The number of hydrogen-bond acceptors (Lipinski definition) is 7. The van der Waals surface area contributed by atoms with Crippen molar-refractivity contribution in [3.63, 3.8) is 0 Å². The molecule has 2 aliphatic heterocycles. The summed E-state index contributed by atoms with van der Waals surface area (Å²) < 4.78 is 10.9. The quantitative estimate of drug-likeness (QED) is 0.858. The van der Waals surface area contributed by atoms with Crippen LogP contribution in [0.2, 0.25) is 0 Å². The molecule has 3 heterocycles. The van der Waals surface area contributed by atoms with Crippen molar-refractivity contribution in [2.24, 2.45) is 0 Å². The van der Waals surface area contributed by atoms with Crippen molar-refractivity contribution in [2.45, 2.75) is 30.7 Å². The van der Waals surface area contributed by atoms with E-state index in [4.69, 9.17) is 14.4 Å². The van der Waals surface area contributed by atoms with Gasteiger partial charge in [0, 0.05) is 12.6 Å². The van der Waals surface area contributed by atoms with Crippen molar-refractivity contribution in [1.82, 2.24) is 15.0 Å². The monoisotopic (exact) mass is 299 g/mol. The number of thioether (sulfide) groups is 1. The van der Waals surface area contributed by atoms with Crippen LogP contribution in [-0.2, 0) is 15.3 Å². The molecule has 1 N–H and O–H groups in total. The number of nitrogens with zero attached hydrogens (tertiary/aromatic N) is 3. The number of carboxylic acid groups (broad SMARTS) is 1. The van der Waals surface area contributed by atoms with E-state index in [2.05, 4.69) is 15.0 Å². The summed E-state index contributed by atoms with van der Waals surface area (Å²) in [5.41, 5.74) is 0. The molecular weight excluding hydrogens is 282 g/mol. The van der Waals surface area contributed by atoms with Gasteiger partial charge in [0.05, 0.1) is 18.1 Å². The maximum absolute atomic E-state index is 10.4. The first kappa shape index (κ1) is 13.8. The van der Waals surface area contributed by atoms with Gasteiger partial charge < -0.3 is 14.4 Å². The van der Waals surface area contributed by atoms with Crippen molar-refractivity contribution in [3.05, 3.63) is 11.7 Å². The zero-order chi connectivity index (χ0) is 13.9. The van der Waals surface area contributed by atoms with E-state index in [9.17, 15) is 4.79 Å². The Labute approximate surface area is 120 Å². The first-order valence-corrected chi connectivity index (χ1v) is 7.85. The minimum Gasteiger partial charge on any atom is -0.481 e. The van der Waals surface area contributed by atoms with Crippen LogP contribution in [0.3, 0.4) is 0 Å². The molecule has 0 bridgehead atoms.